The summed E-state index contributed by atoms with van der Waals surface area (Å²) < 4.78 is 15.0. The molecule has 1 unspecified atom stereocenters. The lowest BCUT2D eigenvalue weighted by molar-refractivity contribution is 0.546. The highest BCUT2D eigenvalue weighted by Gasteiger charge is 2.17. The highest BCUT2D eigenvalue weighted by atomic mass is 79.9. The minimum Gasteiger partial charge on any atom is -0.306 e. The predicted molar refractivity (Wildman–Crippen MR) is 85.4 cm³/mol. The maximum Gasteiger partial charge on any atom is 0.129 e. The van der Waals surface area contributed by atoms with Gasteiger partial charge in [-0.1, -0.05) is 58.7 Å². The minimum atomic E-state index is -0.187. The molecule has 106 valence electrons. The Morgan fingerprint density at radius 2 is 1.85 bits per heavy atom. The van der Waals surface area contributed by atoms with Gasteiger partial charge in [0.05, 0.1) is 6.04 Å². The van der Waals surface area contributed by atoms with Gasteiger partial charge < -0.3 is 5.32 Å². The fourth-order valence-corrected chi connectivity index (χ4v) is 2.52. The second kappa shape index (κ2) is 7.00. The van der Waals surface area contributed by atoms with E-state index in [9.17, 15) is 4.39 Å². The topological polar surface area (TPSA) is 12.0 Å². The second-order valence-electron chi connectivity index (χ2n) is 4.96. The molecule has 0 aliphatic rings. The van der Waals surface area contributed by atoms with Gasteiger partial charge in [-0.05, 0) is 37.6 Å². The monoisotopic (exact) mass is 335 g/mol. The Morgan fingerprint density at radius 1 is 1.15 bits per heavy atom. The quantitative estimate of drug-likeness (QED) is 0.811. The van der Waals surface area contributed by atoms with E-state index < -0.39 is 0 Å². The van der Waals surface area contributed by atoms with E-state index in [-0.39, 0.29) is 11.9 Å². The molecule has 0 fully saturated rings. The van der Waals surface area contributed by atoms with Crippen molar-refractivity contribution in [2.45, 2.75) is 26.3 Å². The highest BCUT2D eigenvalue weighted by molar-refractivity contribution is 9.10. The summed E-state index contributed by atoms with van der Waals surface area (Å²) in [4.78, 5) is 0. The van der Waals surface area contributed by atoms with E-state index in [0.717, 1.165) is 23.0 Å². The van der Waals surface area contributed by atoms with Crippen molar-refractivity contribution in [2.24, 2.45) is 0 Å². The molecule has 20 heavy (non-hydrogen) atoms. The summed E-state index contributed by atoms with van der Waals surface area (Å²) in [5.74, 6) is -0.187. The molecule has 1 atom stereocenters. The van der Waals surface area contributed by atoms with E-state index in [2.05, 4.69) is 59.4 Å². The van der Waals surface area contributed by atoms with E-state index in [4.69, 9.17) is 0 Å². The molecule has 2 aromatic carbocycles. The molecule has 0 heterocycles. The number of hydrogen-bond acceptors (Lipinski definition) is 1. The van der Waals surface area contributed by atoms with Gasteiger partial charge in [0.15, 0.2) is 0 Å². The second-order valence-corrected chi connectivity index (χ2v) is 5.88. The molecular formula is C17H19BrFN. The number of rotatable bonds is 5. The smallest absolute Gasteiger partial charge is 0.129 e. The molecule has 0 aliphatic heterocycles. The Bertz CT molecular complexity index is 566. The fraction of sp³-hybridized carbons (Fsp3) is 0.294. The van der Waals surface area contributed by atoms with Crippen LogP contribution in [0.3, 0.4) is 0 Å². The van der Waals surface area contributed by atoms with Gasteiger partial charge in [-0.2, -0.15) is 0 Å². The zero-order chi connectivity index (χ0) is 14.5. The van der Waals surface area contributed by atoms with Crippen LogP contribution in [0.2, 0.25) is 0 Å². The molecule has 0 spiro atoms. The summed E-state index contributed by atoms with van der Waals surface area (Å²) in [5.41, 5.74) is 2.98. The Morgan fingerprint density at radius 3 is 2.45 bits per heavy atom. The Kier molecular flexibility index (Phi) is 5.32. The van der Waals surface area contributed by atoms with Crippen molar-refractivity contribution in [3.63, 3.8) is 0 Å². The molecule has 2 aromatic rings. The van der Waals surface area contributed by atoms with Crippen LogP contribution in [0.5, 0.6) is 0 Å². The third kappa shape index (κ3) is 3.68. The Hall–Kier alpha value is -1.19. The Balaban J connectivity index is 2.38. The lowest BCUT2D eigenvalue weighted by Gasteiger charge is -2.20. The van der Waals surface area contributed by atoms with Crippen molar-refractivity contribution in [2.75, 3.05) is 6.54 Å². The molecule has 1 nitrogen and oxygen atoms in total. The molecule has 0 radical (unpaired) electrons. The first-order chi connectivity index (χ1) is 9.61. The van der Waals surface area contributed by atoms with Gasteiger partial charge in [0.2, 0.25) is 0 Å². The van der Waals surface area contributed by atoms with Gasteiger partial charge in [0, 0.05) is 10.0 Å². The van der Waals surface area contributed by atoms with Crippen molar-refractivity contribution >= 4 is 15.9 Å². The standard InChI is InChI=1S/C17H19BrFN/c1-3-10-20-17(13-6-4-12(2)5-7-13)15-9-8-14(18)11-16(15)19/h4-9,11,17,20H,3,10H2,1-2H3. The molecule has 0 aliphatic carbocycles. The molecule has 2 rings (SSSR count). The van der Waals surface area contributed by atoms with Gasteiger partial charge >= 0.3 is 0 Å². The van der Waals surface area contributed by atoms with Crippen molar-refractivity contribution in [1.82, 2.24) is 5.32 Å². The number of nitrogens with one attached hydrogen (secondary N) is 1. The average molecular weight is 336 g/mol. The van der Waals surface area contributed by atoms with Crippen LogP contribution < -0.4 is 5.32 Å². The molecular weight excluding hydrogens is 317 g/mol. The van der Waals surface area contributed by atoms with E-state index in [1.807, 2.05) is 12.1 Å². The molecule has 0 amide bonds. The zero-order valence-corrected chi connectivity index (χ0v) is 13.4. The number of hydrogen-bond donors (Lipinski definition) is 1. The van der Waals surface area contributed by atoms with E-state index in [1.165, 1.54) is 11.6 Å². The van der Waals surface area contributed by atoms with Crippen molar-refractivity contribution in [1.29, 1.82) is 0 Å². The molecule has 0 aromatic heterocycles. The van der Waals surface area contributed by atoms with E-state index in [1.54, 1.807) is 0 Å². The van der Waals surface area contributed by atoms with E-state index in [0.29, 0.717) is 5.56 Å². The molecule has 1 N–H and O–H groups in total. The summed E-state index contributed by atoms with van der Waals surface area (Å²) >= 11 is 3.30. The maximum atomic E-state index is 14.2. The predicted octanol–water partition coefficient (Wildman–Crippen LogP) is 4.99. The van der Waals surface area contributed by atoms with Crippen LogP contribution in [0.1, 0.15) is 36.1 Å². The first-order valence-electron chi connectivity index (χ1n) is 6.86. The summed E-state index contributed by atoms with van der Waals surface area (Å²) in [7, 11) is 0. The largest absolute Gasteiger partial charge is 0.306 e. The summed E-state index contributed by atoms with van der Waals surface area (Å²) in [5, 5.41) is 3.43. The van der Waals surface area contributed by atoms with Crippen LogP contribution in [0.15, 0.2) is 46.9 Å². The molecule has 0 bridgehead atoms. The van der Waals surface area contributed by atoms with Gasteiger partial charge in [-0.15, -0.1) is 0 Å². The van der Waals surface area contributed by atoms with Crippen LogP contribution in [0, 0.1) is 12.7 Å². The van der Waals surface area contributed by atoms with Gasteiger partial charge in [-0.3, -0.25) is 0 Å². The molecule has 3 heteroatoms. The third-order valence-corrected chi connectivity index (χ3v) is 3.78. The molecule has 0 saturated heterocycles. The first-order valence-corrected chi connectivity index (χ1v) is 7.66. The van der Waals surface area contributed by atoms with Gasteiger partial charge in [-0.25, -0.2) is 4.39 Å². The van der Waals surface area contributed by atoms with Crippen molar-refractivity contribution in [3.05, 3.63) is 69.4 Å². The number of aryl methyl sites for hydroxylation is 1. The van der Waals surface area contributed by atoms with Crippen LogP contribution in [-0.2, 0) is 0 Å². The average Bonchev–Trinajstić information content (AvgIpc) is 2.42. The number of halogens is 2. The van der Waals surface area contributed by atoms with Crippen LogP contribution in [0.25, 0.3) is 0 Å². The summed E-state index contributed by atoms with van der Waals surface area (Å²) in [6, 6.07) is 13.4. The normalized spacial score (nSPS) is 12.4. The van der Waals surface area contributed by atoms with Crippen molar-refractivity contribution < 1.29 is 4.39 Å². The maximum absolute atomic E-state index is 14.2. The van der Waals surface area contributed by atoms with Crippen LogP contribution in [0.4, 0.5) is 4.39 Å². The first kappa shape index (κ1) is 15.2. The summed E-state index contributed by atoms with van der Waals surface area (Å²) in [6.45, 7) is 5.02. The van der Waals surface area contributed by atoms with Gasteiger partial charge in [0.25, 0.3) is 0 Å². The van der Waals surface area contributed by atoms with E-state index >= 15 is 0 Å². The minimum absolute atomic E-state index is 0.108. The fourth-order valence-electron chi connectivity index (χ4n) is 2.19. The SMILES string of the molecule is CCCNC(c1ccc(C)cc1)c1ccc(Br)cc1F. The third-order valence-electron chi connectivity index (χ3n) is 3.28. The number of benzene rings is 2. The highest BCUT2D eigenvalue weighted by Crippen LogP contribution is 2.26. The molecule has 0 saturated carbocycles. The Labute approximate surface area is 128 Å². The summed E-state index contributed by atoms with van der Waals surface area (Å²) in [6.07, 6.45) is 1.01. The van der Waals surface area contributed by atoms with Crippen molar-refractivity contribution in [3.8, 4) is 0 Å². The van der Waals surface area contributed by atoms with Crippen LogP contribution >= 0.6 is 15.9 Å². The van der Waals surface area contributed by atoms with Gasteiger partial charge in [0.1, 0.15) is 5.82 Å². The van der Waals surface area contributed by atoms with Crippen LogP contribution in [-0.4, -0.2) is 6.54 Å². The lowest BCUT2D eigenvalue weighted by Crippen LogP contribution is -2.24. The zero-order valence-electron chi connectivity index (χ0n) is 11.8. The lowest BCUT2D eigenvalue weighted by atomic mass is 9.97.